The van der Waals surface area contributed by atoms with E-state index in [1.165, 1.54) is 24.3 Å². The van der Waals surface area contributed by atoms with Gasteiger partial charge in [-0.2, -0.15) is 0 Å². The lowest BCUT2D eigenvalue weighted by Crippen LogP contribution is -2.26. The zero-order chi connectivity index (χ0) is 14.8. The number of aromatic nitrogens is 1. The van der Waals surface area contributed by atoms with Crippen molar-refractivity contribution in [2.45, 2.75) is 18.2 Å². The maximum absolute atomic E-state index is 13.4. The van der Waals surface area contributed by atoms with Gasteiger partial charge in [0, 0.05) is 18.3 Å². The minimum atomic E-state index is -3.70. The first-order chi connectivity index (χ1) is 9.40. The Morgan fingerprint density at radius 3 is 2.80 bits per heavy atom. The van der Waals surface area contributed by atoms with Crippen LogP contribution in [0.3, 0.4) is 0 Å². The van der Waals surface area contributed by atoms with Crippen LogP contribution >= 0.6 is 11.3 Å². The highest BCUT2D eigenvalue weighted by Gasteiger charge is 2.17. The summed E-state index contributed by atoms with van der Waals surface area (Å²) >= 11 is 1.45. The average Bonchev–Trinajstić information content (AvgIpc) is 2.88. The number of nitrogens with two attached hydrogens (primary N) is 1. The van der Waals surface area contributed by atoms with Crippen LogP contribution in [0.25, 0.3) is 0 Å². The molecule has 3 N–H and O–H groups in total. The number of anilines is 1. The van der Waals surface area contributed by atoms with E-state index in [2.05, 4.69) is 9.71 Å². The van der Waals surface area contributed by atoms with E-state index in [0.29, 0.717) is 6.42 Å². The van der Waals surface area contributed by atoms with Gasteiger partial charge in [0.05, 0.1) is 21.8 Å². The second-order valence-electron chi connectivity index (χ2n) is 4.27. The predicted molar refractivity (Wildman–Crippen MR) is 76.6 cm³/mol. The minimum absolute atomic E-state index is 0.0350. The molecule has 20 heavy (non-hydrogen) atoms. The van der Waals surface area contributed by atoms with Crippen LogP contribution < -0.4 is 10.5 Å². The third kappa shape index (κ3) is 3.33. The van der Waals surface area contributed by atoms with Crippen LogP contribution in [0.5, 0.6) is 0 Å². The molecular formula is C12H14FN3O2S2. The summed E-state index contributed by atoms with van der Waals surface area (Å²) in [4.78, 5) is 4.03. The van der Waals surface area contributed by atoms with Crippen LogP contribution in [0.15, 0.2) is 27.9 Å². The number of nitrogens with one attached hydrogen (secondary N) is 1. The molecule has 0 aliphatic carbocycles. The van der Waals surface area contributed by atoms with Crippen molar-refractivity contribution in [3.05, 3.63) is 40.1 Å². The fourth-order valence-corrected chi connectivity index (χ4v) is 3.42. The standard InChI is InChI=1S/C12H14FN3O2S2/c1-8-4-10(5-11(14)12(8)13)20(17,18)16-3-2-9-6-19-7-15-9/h4-7,16H,2-3,14H2,1H3. The molecule has 0 unspecified atom stereocenters. The van der Waals surface area contributed by atoms with Gasteiger partial charge in [0.25, 0.3) is 0 Å². The summed E-state index contributed by atoms with van der Waals surface area (Å²) in [6.45, 7) is 1.70. The van der Waals surface area contributed by atoms with Crippen LogP contribution in [0, 0.1) is 12.7 Å². The molecule has 108 valence electrons. The Hall–Kier alpha value is -1.51. The third-order valence-corrected chi connectivity index (χ3v) is 4.80. The van der Waals surface area contributed by atoms with Crippen molar-refractivity contribution in [2.24, 2.45) is 0 Å². The monoisotopic (exact) mass is 315 g/mol. The van der Waals surface area contributed by atoms with Gasteiger partial charge in [-0.05, 0) is 24.6 Å². The van der Waals surface area contributed by atoms with E-state index in [9.17, 15) is 12.8 Å². The molecule has 0 bridgehead atoms. The summed E-state index contributed by atoms with van der Waals surface area (Å²) in [5.41, 5.74) is 7.99. The fourth-order valence-electron chi connectivity index (χ4n) is 1.68. The molecule has 2 rings (SSSR count). The Bertz CT molecular complexity index is 676. The van der Waals surface area contributed by atoms with Gasteiger partial charge in [0.15, 0.2) is 0 Å². The van der Waals surface area contributed by atoms with Crippen LogP contribution in [0.2, 0.25) is 0 Å². The number of aryl methyl sites for hydroxylation is 1. The number of hydrogen-bond donors (Lipinski definition) is 2. The van der Waals surface area contributed by atoms with Crippen LogP contribution in [0.1, 0.15) is 11.3 Å². The number of benzene rings is 1. The zero-order valence-corrected chi connectivity index (χ0v) is 12.4. The molecular weight excluding hydrogens is 301 g/mol. The number of thiazole rings is 1. The molecule has 8 heteroatoms. The Balaban J connectivity index is 2.10. The highest BCUT2D eigenvalue weighted by Crippen LogP contribution is 2.20. The van der Waals surface area contributed by atoms with E-state index in [4.69, 9.17) is 5.73 Å². The van der Waals surface area contributed by atoms with Crippen molar-refractivity contribution < 1.29 is 12.8 Å². The van der Waals surface area contributed by atoms with E-state index in [1.807, 2.05) is 5.38 Å². The minimum Gasteiger partial charge on any atom is -0.396 e. The largest absolute Gasteiger partial charge is 0.396 e. The van der Waals surface area contributed by atoms with E-state index in [1.54, 1.807) is 5.51 Å². The summed E-state index contributed by atoms with van der Waals surface area (Å²) in [6.07, 6.45) is 0.498. The van der Waals surface area contributed by atoms with Crippen molar-refractivity contribution in [1.29, 1.82) is 0 Å². The zero-order valence-electron chi connectivity index (χ0n) is 10.8. The fraction of sp³-hybridized carbons (Fsp3) is 0.250. The summed E-state index contributed by atoms with van der Waals surface area (Å²) in [5, 5.41) is 1.86. The number of hydrogen-bond acceptors (Lipinski definition) is 5. The molecule has 5 nitrogen and oxygen atoms in total. The molecule has 1 heterocycles. The van der Waals surface area contributed by atoms with Crippen LogP contribution in [-0.4, -0.2) is 19.9 Å². The third-order valence-electron chi connectivity index (χ3n) is 2.72. The normalized spacial score (nSPS) is 11.7. The molecule has 0 amide bonds. The smallest absolute Gasteiger partial charge is 0.240 e. The molecule has 1 aromatic carbocycles. The summed E-state index contributed by atoms with van der Waals surface area (Å²) in [6, 6.07) is 2.38. The predicted octanol–water partition coefficient (Wildman–Crippen LogP) is 1.69. The number of nitrogens with zero attached hydrogens (tertiary/aromatic N) is 1. The molecule has 0 radical (unpaired) electrons. The first-order valence-electron chi connectivity index (χ1n) is 5.82. The molecule has 0 saturated carbocycles. The second kappa shape index (κ2) is 5.86. The van der Waals surface area contributed by atoms with E-state index >= 15 is 0 Å². The Morgan fingerprint density at radius 1 is 1.45 bits per heavy atom. The van der Waals surface area contributed by atoms with Crippen molar-refractivity contribution in [3.8, 4) is 0 Å². The van der Waals surface area contributed by atoms with Gasteiger partial charge in [0.2, 0.25) is 10.0 Å². The van der Waals surface area contributed by atoms with E-state index < -0.39 is 15.8 Å². The van der Waals surface area contributed by atoms with Gasteiger partial charge in [-0.3, -0.25) is 0 Å². The second-order valence-corrected chi connectivity index (χ2v) is 6.76. The first kappa shape index (κ1) is 14.9. The topological polar surface area (TPSA) is 85.1 Å². The molecule has 0 aliphatic rings. The van der Waals surface area contributed by atoms with Gasteiger partial charge in [0.1, 0.15) is 5.82 Å². The summed E-state index contributed by atoms with van der Waals surface area (Å²) in [5.74, 6) is -0.591. The lowest BCUT2D eigenvalue weighted by Gasteiger charge is -2.09. The molecule has 0 saturated heterocycles. The molecule has 0 aliphatic heterocycles. The van der Waals surface area contributed by atoms with Gasteiger partial charge in [-0.25, -0.2) is 22.5 Å². The van der Waals surface area contributed by atoms with Crippen LogP contribution in [0.4, 0.5) is 10.1 Å². The Kier molecular flexibility index (Phi) is 4.36. The number of sulfonamides is 1. The first-order valence-corrected chi connectivity index (χ1v) is 8.25. The molecule has 0 fully saturated rings. The van der Waals surface area contributed by atoms with Gasteiger partial charge in [-0.1, -0.05) is 0 Å². The maximum Gasteiger partial charge on any atom is 0.240 e. The molecule has 0 spiro atoms. The lowest BCUT2D eigenvalue weighted by atomic mass is 10.2. The van der Waals surface area contributed by atoms with Gasteiger partial charge < -0.3 is 5.73 Å². The number of rotatable bonds is 5. The van der Waals surface area contributed by atoms with Crippen molar-refractivity contribution in [1.82, 2.24) is 9.71 Å². The van der Waals surface area contributed by atoms with E-state index in [0.717, 1.165) is 11.8 Å². The van der Waals surface area contributed by atoms with E-state index in [-0.39, 0.29) is 22.7 Å². The summed E-state index contributed by atoms with van der Waals surface area (Å²) < 4.78 is 40.0. The van der Waals surface area contributed by atoms with Gasteiger partial charge >= 0.3 is 0 Å². The van der Waals surface area contributed by atoms with Crippen molar-refractivity contribution in [2.75, 3.05) is 12.3 Å². The quantitative estimate of drug-likeness (QED) is 0.822. The summed E-state index contributed by atoms with van der Waals surface area (Å²) in [7, 11) is -3.70. The number of halogens is 1. The van der Waals surface area contributed by atoms with Gasteiger partial charge in [-0.15, -0.1) is 11.3 Å². The highest BCUT2D eigenvalue weighted by molar-refractivity contribution is 7.89. The average molecular weight is 315 g/mol. The molecule has 0 atom stereocenters. The number of nitrogen functional groups attached to an aromatic ring is 1. The molecule has 2 aromatic rings. The lowest BCUT2D eigenvalue weighted by molar-refractivity contribution is 0.580. The SMILES string of the molecule is Cc1cc(S(=O)(=O)NCCc2cscn2)cc(N)c1F. The van der Waals surface area contributed by atoms with Crippen molar-refractivity contribution >= 4 is 27.0 Å². The Morgan fingerprint density at radius 2 is 2.20 bits per heavy atom. The highest BCUT2D eigenvalue weighted by atomic mass is 32.2. The maximum atomic E-state index is 13.4. The molecule has 1 aromatic heterocycles. The van der Waals surface area contributed by atoms with Crippen LogP contribution in [-0.2, 0) is 16.4 Å². The Labute approximate surface area is 120 Å². The van der Waals surface area contributed by atoms with Crippen molar-refractivity contribution in [3.63, 3.8) is 0 Å².